The van der Waals surface area contributed by atoms with Gasteiger partial charge in [0.15, 0.2) is 11.5 Å². The maximum absolute atomic E-state index is 12.8. The molecule has 39 heavy (non-hydrogen) atoms. The third-order valence-corrected chi connectivity index (χ3v) is 6.53. The molecule has 0 aliphatic carbocycles. The summed E-state index contributed by atoms with van der Waals surface area (Å²) in [6.45, 7) is 0.399. The van der Waals surface area contributed by atoms with Gasteiger partial charge in [0.1, 0.15) is 6.61 Å². The fourth-order valence-corrected chi connectivity index (χ4v) is 4.26. The predicted molar refractivity (Wildman–Crippen MR) is 155 cm³/mol. The van der Waals surface area contributed by atoms with Crippen LogP contribution < -0.4 is 20.2 Å². The fraction of sp³-hybridized carbons (Fsp3) is 0.129. The molecule has 0 aliphatic rings. The zero-order chi connectivity index (χ0) is 27.5. The van der Waals surface area contributed by atoms with E-state index in [1.54, 1.807) is 43.5 Å². The topological polar surface area (TPSA) is 89.0 Å². The van der Waals surface area contributed by atoms with Crippen LogP contribution in [0.1, 0.15) is 39.5 Å². The Balaban J connectivity index is 1.40. The van der Waals surface area contributed by atoms with E-state index in [9.17, 15) is 9.59 Å². The van der Waals surface area contributed by atoms with Crippen LogP contribution in [-0.4, -0.2) is 25.1 Å². The van der Waals surface area contributed by atoms with E-state index in [1.807, 2.05) is 66.7 Å². The summed E-state index contributed by atoms with van der Waals surface area (Å²) < 4.78 is 12.2. The number of halogens is 1. The monoisotopic (exact) mass is 585 g/mol. The summed E-state index contributed by atoms with van der Waals surface area (Å²) in [5, 5.41) is 7.07. The van der Waals surface area contributed by atoms with Crippen molar-refractivity contribution >= 4 is 34.0 Å². The number of nitrogens with one attached hydrogen (secondary N) is 2. The van der Waals surface area contributed by atoms with E-state index in [1.165, 1.54) is 6.21 Å². The molecule has 0 saturated carbocycles. The molecular formula is C31H28BrN3O4. The van der Waals surface area contributed by atoms with Crippen LogP contribution >= 0.6 is 15.9 Å². The van der Waals surface area contributed by atoms with Crippen molar-refractivity contribution in [3.05, 3.63) is 130 Å². The van der Waals surface area contributed by atoms with Gasteiger partial charge in [-0.05, 0) is 51.3 Å². The molecule has 0 fully saturated rings. The second-order valence-corrected chi connectivity index (χ2v) is 9.45. The minimum absolute atomic E-state index is 0.0106. The lowest BCUT2D eigenvalue weighted by Gasteiger charge is -2.18. The number of carbonyl (C=O) groups is 2. The van der Waals surface area contributed by atoms with Crippen molar-refractivity contribution in [3.63, 3.8) is 0 Å². The van der Waals surface area contributed by atoms with Crippen LogP contribution in [0.3, 0.4) is 0 Å². The van der Waals surface area contributed by atoms with Gasteiger partial charge in [0.05, 0.1) is 25.8 Å². The van der Waals surface area contributed by atoms with E-state index >= 15 is 0 Å². The predicted octanol–water partition coefficient (Wildman–Crippen LogP) is 6.05. The van der Waals surface area contributed by atoms with Crippen molar-refractivity contribution in [1.29, 1.82) is 0 Å². The van der Waals surface area contributed by atoms with Crippen LogP contribution in [0.25, 0.3) is 0 Å². The van der Waals surface area contributed by atoms with Crippen LogP contribution in [0.4, 0.5) is 0 Å². The average Bonchev–Trinajstić information content (AvgIpc) is 2.98. The van der Waals surface area contributed by atoms with Crippen LogP contribution in [0.2, 0.25) is 0 Å². The molecule has 198 valence electrons. The Morgan fingerprint density at radius 2 is 1.54 bits per heavy atom. The first-order valence-corrected chi connectivity index (χ1v) is 13.1. The van der Waals surface area contributed by atoms with E-state index in [0.717, 1.165) is 15.6 Å². The zero-order valence-corrected chi connectivity index (χ0v) is 22.9. The van der Waals surface area contributed by atoms with Gasteiger partial charge in [-0.25, -0.2) is 5.43 Å². The van der Waals surface area contributed by atoms with Gasteiger partial charge in [-0.1, -0.05) is 78.9 Å². The molecular weight excluding hydrogens is 558 g/mol. The first-order valence-electron chi connectivity index (χ1n) is 12.3. The molecule has 2 N–H and O–H groups in total. The minimum atomic E-state index is -0.526. The van der Waals surface area contributed by atoms with Gasteiger partial charge in [0.25, 0.3) is 5.91 Å². The summed E-state index contributed by atoms with van der Waals surface area (Å²) in [5.41, 5.74) is 5.63. The molecule has 0 spiro atoms. The number of hydrazone groups is 1. The van der Waals surface area contributed by atoms with Crippen molar-refractivity contribution in [2.45, 2.75) is 19.1 Å². The summed E-state index contributed by atoms with van der Waals surface area (Å²) in [7, 11) is 1.56. The lowest BCUT2D eigenvalue weighted by Crippen LogP contribution is -2.32. The first kappa shape index (κ1) is 27.6. The third kappa shape index (κ3) is 8.02. The van der Waals surface area contributed by atoms with Gasteiger partial charge >= 0.3 is 0 Å². The molecule has 0 aliphatic heterocycles. The van der Waals surface area contributed by atoms with Gasteiger partial charge < -0.3 is 14.8 Å². The highest BCUT2D eigenvalue weighted by molar-refractivity contribution is 9.10. The zero-order valence-electron chi connectivity index (χ0n) is 21.3. The standard InChI is InChI=1S/C31H28BrN3O4/c1-38-28-17-25(26(32)18-29(28)39-21-22-11-5-2-6-12-22)20-33-35-30(36)19-27(23-13-7-3-8-14-23)34-31(37)24-15-9-4-10-16-24/h2-18,20,27H,19,21H2,1H3,(H,34,37)(H,35,36)/b33-20-/t27-/m0/s1. The molecule has 4 aromatic rings. The maximum atomic E-state index is 12.8. The van der Waals surface area contributed by atoms with Crippen LogP contribution in [0, 0.1) is 0 Å². The molecule has 0 radical (unpaired) electrons. The van der Waals surface area contributed by atoms with Gasteiger partial charge in [-0.2, -0.15) is 5.10 Å². The number of nitrogens with zero attached hydrogens (tertiary/aromatic N) is 1. The molecule has 0 saturated heterocycles. The number of ether oxygens (including phenoxy) is 2. The van der Waals surface area contributed by atoms with Crippen LogP contribution in [0.5, 0.6) is 11.5 Å². The summed E-state index contributed by atoms with van der Waals surface area (Å²) >= 11 is 3.54. The molecule has 0 unspecified atom stereocenters. The fourth-order valence-electron chi connectivity index (χ4n) is 3.83. The SMILES string of the molecule is COc1cc(/C=N\NC(=O)C[C@H](NC(=O)c2ccccc2)c2ccccc2)c(Br)cc1OCc1ccccc1. The molecule has 8 heteroatoms. The highest BCUT2D eigenvalue weighted by Crippen LogP contribution is 2.33. The minimum Gasteiger partial charge on any atom is -0.493 e. The number of rotatable bonds is 11. The second-order valence-electron chi connectivity index (χ2n) is 8.60. The van der Waals surface area contributed by atoms with Crippen molar-refractivity contribution in [1.82, 2.24) is 10.7 Å². The van der Waals surface area contributed by atoms with E-state index < -0.39 is 6.04 Å². The number of benzene rings is 4. The maximum Gasteiger partial charge on any atom is 0.251 e. The molecule has 0 aromatic heterocycles. The van der Waals surface area contributed by atoms with Gasteiger partial charge in [0, 0.05) is 15.6 Å². The lowest BCUT2D eigenvalue weighted by atomic mass is 10.0. The molecule has 1 atom stereocenters. The molecule has 7 nitrogen and oxygen atoms in total. The number of methoxy groups -OCH3 is 1. The number of hydrogen-bond donors (Lipinski definition) is 2. The summed E-state index contributed by atoms with van der Waals surface area (Å²) in [6, 6.07) is 31.1. The summed E-state index contributed by atoms with van der Waals surface area (Å²) in [4.78, 5) is 25.5. The number of amides is 2. The smallest absolute Gasteiger partial charge is 0.251 e. The van der Waals surface area contributed by atoms with Crippen LogP contribution in [-0.2, 0) is 11.4 Å². The normalized spacial score (nSPS) is 11.5. The van der Waals surface area contributed by atoms with E-state index in [4.69, 9.17) is 9.47 Å². The highest BCUT2D eigenvalue weighted by Gasteiger charge is 2.19. The quantitative estimate of drug-likeness (QED) is 0.166. The lowest BCUT2D eigenvalue weighted by molar-refractivity contribution is -0.121. The first-order chi connectivity index (χ1) is 19.0. The number of carbonyl (C=O) groups excluding carboxylic acids is 2. The second kappa shape index (κ2) is 13.9. The Labute approximate surface area is 236 Å². The van der Waals surface area contributed by atoms with Crippen molar-refractivity contribution < 1.29 is 19.1 Å². The summed E-state index contributed by atoms with van der Waals surface area (Å²) in [5.74, 6) is 0.509. The highest BCUT2D eigenvalue weighted by atomic mass is 79.9. The van der Waals surface area contributed by atoms with E-state index in [-0.39, 0.29) is 18.2 Å². The summed E-state index contributed by atoms with van der Waals surface area (Å²) in [6.07, 6.45) is 1.53. The Hall–Kier alpha value is -4.43. The molecule has 0 heterocycles. The molecule has 0 bridgehead atoms. The Morgan fingerprint density at radius 1 is 0.897 bits per heavy atom. The van der Waals surface area contributed by atoms with Gasteiger partial charge in [0.2, 0.25) is 5.91 Å². The van der Waals surface area contributed by atoms with E-state index in [2.05, 4.69) is 31.8 Å². The largest absolute Gasteiger partial charge is 0.493 e. The van der Waals surface area contributed by atoms with E-state index in [0.29, 0.717) is 29.2 Å². The van der Waals surface area contributed by atoms with Gasteiger partial charge in [-0.3, -0.25) is 9.59 Å². The van der Waals surface area contributed by atoms with Crippen molar-refractivity contribution in [2.75, 3.05) is 7.11 Å². The van der Waals surface area contributed by atoms with Crippen LogP contribution in [0.15, 0.2) is 113 Å². The molecule has 2 amide bonds. The third-order valence-electron chi connectivity index (χ3n) is 5.85. The Morgan fingerprint density at radius 3 is 2.21 bits per heavy atom. The molecule has 4 aromatic carbocycles. The Kier molecular flexibility index (Phi) is 9.85. The van der Waals surface area contributed by atoms with Gasteiger partial charge in [-0.15, -0.1) is 0 Å². The Bertz CT molecular complexity index is 1410. The average molecular weight is 586 g/mol. The van der Waals surface area contributed by atoms with Crippen molar-refractivity contribution in [2.24, 2.45) is 5.10 Å². The number of hydrogen-bond acceptors (Lipinski definition) is 5. The van der Waals surface area contributed by atoms with Crippen molar-refractivity contribution in [3.8, 4) is 11.5 Å². The molecule has 4 rings (SSSR count).